The molecule has 194 valence electrons. The molecule has 3 fully saturated rings. The summed E-state index contributed by atoms with van der Waals surface area (Å²) in [6, 6.07) is 0.892. The Morgan fingerprint density at radius 3 is 2.62 bits per heavy atom. The van der Waals surface area contributed by atoms with Gasteiger partial charge in [0.2, 0.25) is 11.8 Å². The first kappa shape index (κ1) is 23.4. The number of rotatable bonds is 3. The Kier molecular flexibility index (Phi) is 5.06. The average Bonchev–Trinajstić information content (AvgIpc) is 3.41. The van der Waals surface area contributed by atoms with E-state index < -0.39 is 53.9 Å². The number of amides is 5. The number of benzene rings is 1. The van der Waals surface area contributed by atoms with Crippen molar-refractivity contribution < 1.29 is 37.6 Å². The monoisotopic (exact) mass is 513 g/mol. The quantitative estimate of drug-likeness (QED) is 0.357. The maximum Gasteiger partial charge on any atom is 0.416 e. The number of morpholine rings is 1. The molecular formula is C24H24FN5O7. The Hall–Kier alpha value is -4.00. The van der Waals surface area contributed by atoms with Crippen LogP contribution in [0, 0.1) is 5.41 Å². The number of imide groups is 2. The number of fused-ring (bicyclic) bond motifs is 5. The number of nitrogens with one attached hydrogen (secondary N) is 2. The number of barbiturate groups is 1. The Balaban J connectivity index is 1.54. The fourth-order valence-corrected chi connectivity index (χ4v) is 6.05. The van der Waals surface area contributed by atoms with Gasteiger partial charge in [-0.1, -0.05) is 11.2 Å². The van der Waals surface area contributed by atoms with E-state index in [1.54, 1.807) is 32.1 Å². The summed E-state index contributed by atoms with van der Waals surface area (Å²) in [5.74, 6) is -1.46. The fourth-order valence-electron chi connectivity index (χ4n) is 6.05. The molecule has 4 aliphatic heterocycles. The summed E-state index contributed by atoms with van der Waals surface area (Å²) in [6.45, 7) is 7.09. The number of ether oxygens (including phenoxy) is 2. The molecule has 1 spiro atoms. The highest BCUT2D eigenvalue weighted by Gasteiger charge is 2.64. The van der Waals surface area contributed by atoms with Crippen LogP contribution < -0.4 is 20.4 Å². The largest absolute Gasteiger partial charge is 0.447 e. The van der Waals surface area contributed by atoms with Gasteiger partial charge in [0.1, 0.15) is 12.7 Å². The first-order valence-electron chi connectivity index (χ1n) is 11.9. The predicted molar refractivity (Wildman–Crippen MR) is 125 cm³/mol. The van der Waals surface area contributed by atoms with Crippen molar-refractivity contribution in [1.29, 1.82) is 0 Å². The molecule has 13 heteroatoms. The zero-order valence-electron chi connectivity index (χ0n) is 20.0. The first-order valence-corrected chi connectivity index (χ1v) is 11.9. The molecule has 0 saturated carbocycles. The summed E-state index contributed by atoms with van der Waals surface area (Å²) in [4.78, 5) is 53.8. The van der Waals surface area contributed by atoms with Crippen LogP contribution >= 0.6 is 0 Å². The highest BCUT2D eigenvalue weighted by molar-refractivity contribution is 6.20. The molecule has 37 heavy (non-hydrogen) atoms. The summed E-state index contributed by atoms with van der Waals surface area (Å²) in [5, 5.41) is 8.87. The van der Waals surface area contributed by atoms with Crippen molar-refractivity contribution in [3.8, 4) is 0 Å². The van der Waals surface area contributed by atoms with E-state index >= 15 is 4.39 Å². The molecule has 0 bridgehead atoms. The van der Waals surface area contributed by atoms with Gasteiger partial charge in [-0.15, -0.1) is 6.58 Å². The third-order valence-corrected chi connectivity index (χ3v) is 7.62. The fraction of sp³-hybridized carbons (Fsp3) is 0.458. The number of carbonyl (C=O) groups is 4. The standard InChI is InChI=1S/C24H24FN5O7/c1-4-5-13-9-35-23(34)29(13)19-14-6-12-8-24(20(31)26-22(33)27-21(24)32)17-10(2)36-11(3)18(25)30(17)15(12)7-16(14)37-28-19/h4,6-7,10-11,13,17-18H,1,5,8-9H2,2-3H3,(H2,26,27,31,32,33)/t10-,11+,13-,17+,18?/m0/s1. The van der Waals surface area contributed by atoms with Gasteiger partial charge >= 0.3 is 12.1 Å². The minimum atomic E-state index is -1.85. The summed E-state index contributed by atoms with van der Waals surface area (Å²) in [6.07, 6.45) is -1.94. The van der Waals surface area contributed by atoms with E-state index in [0.717, 1.165) is 0 Å². The number of hydrogen-bond acceptors (Lipinski definition) is 9. The van der Waals surface area contributed by atoms with Crippen molar-refractivity contribution in [3.63, 3.8) is 0 Å². The summed E-state index contributed by atoms with van der Waals surface area (Å²) >= 11 is 0. The van der Waals surface area contributed by atoms with Crippen LogP contribution in [0.2, 0.25) is 0 Å². The van der Waals surface area contributed by atoms with Gasteiger partial charge in [0.25, 0.3) is 0 Å². The lowest BCUT2D eigenvalue weighted by molar-refractivity contribution is -0.159. The van der Waals surface area contributed by atoms with Crippen molar-refractivity contribution >= 4 is 46.4 Å². The van der Waals surface area contributed by atoms with Gasteiger partial charge in [0, 0.05) is 11.8 Å². The molecule has 5 amide bonds. The number of urea groups is 1. The van der Waals surface area contributed by atoms with Crippen LogP contribution in [0.4, 0.5) is 25.5 Å². The molecule has 1 aromatic heterocycles. The number of carbonyl (C=O) groups excluding carboxylic acids is 4. The maximum absolute atomic E-state index is 15.8. The van der Waals surface area contributed by atoms with Crippen molar-refractivity contribution in [2.75, 3.05) is 16.4 Å². The molecule has 5 atom stereocenters. The van der Waals surface area contributed by atoms with E-state index in [4.69, 9.17) is 14.0 Å². The second-order valence-electron chi connectivity index (χ2n) is 9.76. The Labute approximate surface area is 209 Å². The molecule has 3 saturated heterocycles. The Morgan fingerprint density at radius 1 is 1.19 bits per heavy atom. The molecule has 0 radical (unpaired) electrons. The highest BCUT2D eigenvalue weighted by atomic mass is 19.1. The van der Waals surface area contributed by atoms with Crippen LogP contribution in [0.5, 0.6) is 0 Å². The SMILES string of the molecule is C=CC[C@H]1COC(=O)N1c1noc2cc3c(cc12)CC1(C(=O)NC(=O)NC1=O)[C@H]1[C@H](C)O[C@H](C)C(F)N31. The lowest BCUT2D eigenvalue weighted by Gasteiger charge is -2.56. The molecule has 1 unspecified atom stereocenters. The maximum atomic E-state index is 15.8. The molecular weight excluding hydrogens is 489 g/mol. The van der Waals surface area contributed by atoms with Crippen molar-refractivity contribution in [2.45, 2.75) is 57.3 Å². The van der Waals surface area contributed by atoms with Gasteiger partial charge in [0.15, 0.2) is 23.1 Å². The highest BCUT2D eigenvalue weighted by Crippen LogP contribution is 2.50. The number of cyclic esters (lactones) is 1. The van der Waals surface area contributed by atoms with Crippen LogP contribution in [0.15, 0.2) is 29.3 Å². The number of aromatic nitrogens is 1. The third-order valence-electron chi connectivity index (χ3n) is 7.62. The number of alkyl halides is 1. The summed E-state index contributed by atoms with van der Waals surface area (Å²) < 4.78 is 32.3. The van der Waals surface area contributed by atoms with Crippen molar-refractivity contribution in [3.05, 3.63) is 30.4 Å². The van der Waals surface area contributed by atoms with Gasteiger partial charge in [0.05, 0.1) is 23.6 Å². The molecule has 1 aromatic carbocycles. The van der Waals surface area contributed by atoms with Crippen LogP contribution in [0.25, 0.3) is 11.0 Å². The van der Waals surface area contributed by atoms with E-state index in [-0.39, 0.29) is 30.5 Å². The second-order valence-corrected chi connectivity index (χ2v) is 9.76. The first-order chi connectivity index (χ1) is 17.7. The molecule has 2 aromatic rings. The molecule has 6 rings (SSSR count). The molecule has 4 aliphatic rings. The summed E-state index contributed by atoms with van der Waals surface area (Å²) in [5.41, 5.74) is -0.713. The Morgan fingerprint density at radius 2 is 1.92 bits per heavy atom. The lowest BCUT2D eigenvalue weighted by Crippen LogP contribution is -2.76. The van der Waals surface area contributed by atoms with Gasteiger partial charge in [-0.2, -0.15) is 0 Å². The predicted octanol–water partition coefficient (Wildman–Crippen LogP) is 1.92. The van der Waals surface area contributed by atoms with Gasteiger partial charge < -0.3 is 18.9 Å². The van der Waals surface area contributed by atoms with Gasteiger partial charge in [-0.3, -0.25) is 25.1 Å². The minimum absolute atomic E-state index is 0.148. The topological polar surface area (TPSA) is 143 Å². The second kappa shape index (κ2) is 8.00. The zero-order valence-corrected chi connectivity index (χ0v) is 20.0. The van der Waals surface area contributed by atoms with Crippen LogP contribution in [-0.4, -0.2) is 66.3 Å². The van der Waals surface area contributed by atoms with Crippen molar-refractivity contribution in [1.82, 2.24) is 15.8 Å². The van der Waals surface area contributed by atoms with E-state index in [0.29, 0.717) is 23.1 Å². The molecule has 12 nitrogen and oxygen atoms in total. The molecule has 5 heterocycles. The molecule has 0 aliphatic carbocycles. The summed E-state index contributed by atoms with van der Waals surface area (Å²) in [7, 11) is 0. The molecule has 2 N–H and O–H groups in total. The van der Waals surface area contributed by atoms with E-state index in [1.807, 2.05) is 0 Å². The van der Waals surface area contributed by atoms with Crippen LogP contribution in [0.3, 0.4) is 0 Å². The van der Waals surface area contributed by atoms with E-state index in [2.05, 4.69) is 22.4 Å². The van der Waals surface area contributed by atoms with E-state index in [1.165, 1.54) is 9.80 Å². The minimum Gasteiger partial charge on any atom is -0.447 e. The number of hydrogen-bond donors (Lipinski definition) is 2. The number of nitrogens with zero attached hydrogens (tertiary/aromatic N) is 3. The number of anilines is 2. The van der Waals surface area contributed by atoms with Crippen LogP contribution in [0.1, 0.15) is 25.8 Å². The van der Waals surface area contributed by atoms with Crippen LogP contribution in [-0.2, 0) is 25.5 Å². The lowest BCUT2D eigenvalue weighted by atomic mass is 9.66. The van der Waals surface area contributed by atoms with E-state index in [9.17, 15) is 19.2 Å². The smallest absolute Gasteiger partial charge is 0.416 e. The average molecular weight is 513 g/mol. The zero-order chi connectivity index (χ0) is 26.2. The number of halogens is 1. The normalized spacial score (nSPS) is 30.6. The third kappa shape index (κ3) is 3.12. The Bertz CT molecular complexity index is 1350. The van der Waals surface area contributed by atoms with Crippen molar-refractivity contribution in [2.24, 2.45) is 5.41 Å². The van der Waals surface area contributed by atoms with Gasteiger partial charge in [-0.05, 0) is 38.3 Å². The van der Waals surface area contributed by atoms with Gasteiger partial charge in [-0.25, -0.2) is 14.0 Å².